The molecule has 0 fully saturated rings. The van der Waals surface area contributed by atoms with Gasteiger partial charge in [0.1, 0.15) is 35.9 Å². The number of hydrogen-bond acceptors (Lipinski definition) is 8. The Labute approximate surface area is 321 Å². The zero-order valence-electron chi connectivity index (χ0n) is 32.6. The molecule has 0 saturated carbocycles. The summed E-state index contributed by atoms with van der Waals surface area (Å²) in [7, 11) is -1.50. The third-order valence-electron chi connectivity index (χ3n) is 9.57. The molecule has 1 aliphatic rings. The number of nitrogens with two attached hydrogens (primary N) is 1. The fourth-order valence-electron chi connectivity index (χ4n) is 7.06. The summed E-state index contributed by atoms with van der Waals surface area (Å²) >= 11 is 0. The molecule has 1 heterocycles. The van der Waals surface area contributed by atoms with E-state index in [1.54, 1.807) is 26.8 Å². The molecule has 1 aliphatic heterocycles. The lowest BCUT2D eigenvalue weighted by atomic mass is 9.93. The highest BCUT2D eigenvalue weighted by atomic mass is 28.4. The third-order valence-corrected chi connectivity index (χ3v) is 14.6. The molecule has 9 nitrogen and oxygen atoms in total. The van der Waals surface area contributed by atoms with Gasteiger partial charge in [-0.05, 0) is 77.1 Å². The Morgan fingerprint density at radius 1 is 0.907 bits per heavy atom. The second-order valence-corrected chi connectivity index (χ2v) is 19.9. The zero-order chi connectivity index (χ0) is 39.1. The molecule has 0 aromatic heterocycles. The Balaban J connectivity index is 1.49. The standard InChI is InChI=1S/C44H54N2O7Si/c1-9-25-50-34-22-20-31(21-23-34)39(24-26-51-54(44(5,6)7,35-16-12-10-13-17-35)36-18-14-11-15-19-36)52-40-29-33-30-46(42(48)53-43(2,3)4)38(41(47)49-8)28-32(33)27-37(40)45/h9-23,27,29,38-39H,1,24-26,28,30,45H2,2-8H3/t38-,39?/m0/s1. The minimum atomic E-state index is -2.82. The van der Waals surface area contributed by atoms with Gasteiger partial charge in [0.25, 0.3) is 8.32 Å². The van der Waals surface area contributed by atoms with Gasteiger partial charge in [-0.25, -0.2) is 9.59 Å². The highest BCUT2D eigenvalue weighted by molar-refractivity contribution is 6.99. The number of carbonyl (C=O) groups is 2. The Hall–Kier alpha value is -5.06. The molecule has 0 saturated heterocycles. The molecule has 2 atom stereocenters. The molecular formula is C44H54N2O7Si. The summed E-state index contributed by atoms with van der Waals surface area (Å²) in [4.78, 5) is 27.6. The summed E-state index contributed by atoms with van der Waals surface area (Å²) in [6, 6.07) is 31.8. The maximum Gasteiger partial charge on any atom is 0.411 e. The molecule has 5 rings (SSSR count). The van der Waals surface area contributed by atoms with Crippen molar-refractivity contribution < 1.29 is 33.0 Å². The zero-order valence-corrected chi connectivity index (χ0v) is 33.6. The van der Waals surface area contributed by atoms with Crippen LogP contribution in [0.2, 0.25) is 5.04 Å². The number of hydrogen-bond donors (Lipinski definition) is 1. The van der Waals surface area contributed by atoms with E-state index in [9.17, 15) is 9.59 Å². The van der Waals surface area contributed by atoms with E-state index in [-0.39, 0.29) is 18.0 Å². The van der Waals surface area contributed by atoms with Crippen molar-refractivity contribution in [3.05, 3.63) is 126 Å². The van der Waals surface area contributed by atoms with Crippen molar-refractivity contribution in [2.45, 2.75) is 83.7 Å². The number of amides is 1. The smallest absolute Gasteiger partial charge is 0.411 e. The molecule has 1 amide bonds. The van der Waals surface area contributed by atoms with Crippen LogP contribution in [0.3, 0.4) is 0 Å². The Kier molecular flexibility index (Phi) is 12.6. The van der Waals surface area contributed by atoms with Gasteiger partial charge in [-0.3, -0.25) is 4.90 Å². The number of methoxy groups -OCH3 is 1. The Morgan fingerprint density at radius 2 is 1.52 bits per heavy atom. The SMILES string of the molecule is C=CCOc1ccc(C(CCO[Si](c2ccccc2)(c2ccccc2)C(C)(C)C)Oc2cc3c(cc2N)C[C@@H](C(=O)OC)N(C(=O)OC(C)(C)C)C3)cc1. The summed E-state index contributed by atoms with van der Waals surface area (Å²) in [5.41, 5.74) is 8.93. The van der Waals surface area contributed by atoms with Gasteiger partial charge < -0.3 is 29.1 Å². The first kappa shape index (κ1) is 40.1. The molecule has 1 unspecified atom stereocenters. The van der Waals surface area contributed by atoms with E-state index in [4.69, 9.17) is 29.1 Å². The van der Waals surface area contributed by atoms with Crippen molar-refractivity contribution in [1.82, 2.24) is 4.90 Å². The summed E-state index contributed by atoms with van der Waals surface area (Å²) in [5.74, 6) is 0.667. The van der Waals surface area contributed by atoms with E-state index in [2.05, 4.69) is 75.9 Å². The van der Waals surface area contributed by atoms with E-state index >= 15 is 0 Å². The molecule has 2 N–H and O–H groups in total. The molecular weight excluding hydrogens is 697 g/mol. The van der Waals surface area contributed by atoms with Crippen LogP contribution in [0.4, 0.5) is 10.5 Å². The average molecular weight is 751 g/mol. The van der Waals surface area contributed by atoms with Crippen LogP contribution in [0.1, 0.15) is 70.8 Å². The van der Waals surface area contributed by atoms with Gasteiger partial charge in [0.2, 0.25) is 0 Å². The van der Waals surface area contributed by atoms with Gasteiger partial charge >= 0.3 is 12.1 Å². The summed E-state index contributed by atoms with van der Waals surface area (Å²) in [6.45, 7) is 16.8. The Bertz CT molecular complexity index is 1850. The predicted octanol–water partition coefficient (Wildman–Crippen LogP) is 7.76. The molecule has 286 valence electrons. The number of esters is 1. The number of nitrogens with zero attached hydrogens (tertiary/aromatic N) is 1. The van der Waals surface area contributed by atoms with Crippen LogP contribution in [0.5, 0.6) is 11.5 Å². The number of anilines is 1. The maximum absolute atomic E-state index is 13.4. The topological polar surface area (TPSA) is 110 Å². The normalized spacial score (nSPS) is 15.1. The molecule has 10 heteroatoms. The van der Waals surface area contributed by atoms with E-state index in [1.165, 1.54) is 22.4 Å². The van der Waals surface area contributed by atoms with E-state index in [0.29, 0.717) is 31.1 Å². The van der Waals surface area contributed by atoms with Crippen LogP contribution in [0, 0.1) is 0 Å². The van der Waals surface area contributed by atoms with Gasteiger partial charge in [-0.15, -0.1) is 0 Å². The van der Waals surface area contributed by atoms with Crippen molar-refractivity contribution in [1.29, 1.82) is 0 Å². The van der Waals surface area contributed by atoms with Crippen molar-refractivity contribution in [3.8, 4) is 11.5 Å². The van der Waals surface area contributed by atoms with Crippen LogP contribution in [0.25, 0.3) is 0 Å². The molecule has 4 aromatic carbocycles. The van der Waals surface area contributed by atoms with Crippen LogP contribution in [-0.2, 0) is 31.7 Å². The van der Waals surface area contributed by atoms with Gasteiger partial charge in [-0.1, -0.05) is 106 Å². The minimum absolute atomic E-state index is 0.123. The molecule has 54 heavy (non-hydrogen) atoms. The highest BCUT2D eigenvalue weighted by Crippen LogP contribution is 2.39. The van der Waals surface area contributed by atoms with E-state index < -0.39 is 38.1 Å². The molecule has 0 spiro atoms. The van der Waals surface area contributed by atoms with Crippen LogP contribution in [0.15, 0.2) is 110 Å². The van der Waals surface area contributed by atoms with Crippen LogP contribution >= 0.6 is 0 Å². The third kappa shape index (κ3) is 9.17. The average Bonchev–Trinajstić information content (AvgIpc) is 3.14. The number of carbonyl (C=O) groups excluding carboxylic acids is 2. The van der Waals surface area contributed by atoms with E-state index in [1.807, 2.05) is 48.5 Å². The quantitative estimate of drug-likeness (QED) is 0.0640. The van der Waals surface area contributed by atoms with Crippen LogP contribution in [-0.4, -0.2) is 57.2 Å². The Morgan fingerprint density at radius 3 is 2.06 bits per heavy atom. The monoisotopic (exact) mass is 750 g/mol. The molecule has 0 bridgehead atoms. The molecule has 0 aliphatic carbocycles. The van der Waals surface area contributed by atoms with Crippen molar-refractivity contribution in [3.63, 3.8) is 0 Å². The molecule has 0 radical (unpaired) electrons. The first-order valence-corrected chi connectivity index (χ1v) is 20.3. The summed E-state index contributed by atoms with van der Waals surface area (Å²) in [6.07, 6.45) is 1.40. The van der Waals surface area contributed by atoms with Gasteiger partial charge in [0.05, 0.1) is 19.3 Å². The lowest BCUT2D eigenvalue weighted by molar-refractivity contribution is -0.147. The van der Waals surface area contributed by atoms with Gasteiger partial charge in [0, 0.05) is 19.4 Å². The van der Waals surface area contributed by atoms with Crippen LogP contribution < -0.4 is 25.6 Å². The summed E-state index contributed by atoms with van der Waals surface area (Å²) < 4.78 is 30.6. The lowest BCUT2D eigenvalue weighted by Gasteiger charge is -2.43. The predicted molar refractivity (Wildman–Crippen MR) is 216 cm³/mol. The number of rotatable bonds is 13. The maximum atomic E-state index is 13.4. The fourth-order valence-corrected chi connectivity index (χ4v) is 11.6. The summed E-state index contributed by atoms with van der Waals surface area (Å²) in [5, 5.41) is 2.20. The number of fused-ring (bicyclic) bond motifs is 1. The van der Waals surface area contributed by atoms with Gasteiger partial charge in [-0.2, -0.15) is 0 Å². The van der Waals surface area contributed by atoms with Crippen molar-refractivity contribution in [2.75, 3.05) is 26.1 Å². The first-order chi connectivity index (χ1) is 25.7. The number of ether oxygens (including phenoxy) is 4. The second kappa shape index (κ2) is 16.9. The molecule has 4 aromatic rings. The number of nitrogen functional groups attached to an aromatic ring is 1. The largest absolute Gasteiger partial charge is 0.490 e. The fraction of sp³-hybridized carbons (Fsp3) is 0.364. The van der Waals surface area contributed by atoms with E-state index in [0.717, 1.165) is 22.4 Å². The van der Waals surface area contributed by atoms with Crippen molar-refractivity contribution in [2.24, 2.45) is 0 Å². The minimum Gasteiger partial charge on any atom is -0.490 e. The van der Waals surface area contributed by atoms with Crippen molar-refractivity contribution >= 4 is 36.4 Å². The second-order valence-electron chi connectivity index (χ2n) is 15.6. The number of benzene rings is 4. The van der Waals surface area contributed by atoms with Gasteiger partial charge in [0.15, 0.2) is 0 Å². The highest BCUT2D eigenvalue weighted by Gasteiger charge is 2.50. The lowest BCUT2D eigenvalue weighted by Crippen LogP contribution is -2.66. The first-order valence-electron chi connectivity index (χ1n) is 18.4.